The first-order valence-corrected chi connectivity index (χ1v) is 5.44. The van der Waals surface area contributed by atoms with Gasteiger partial charge in [0.25, 0.3) is 5.91 Å². The van der Waals surface area contributed by atoms with Crippen LogP contribution >= 0.6 is 0 Å². The van der Waals surface area contributed by atoms with Crippen molar-refractivity contribution in [2.45, 2.75) is 19.0 Å². The SMILES string of the molecule is C#CCCCNC(=O)c1ccc(F)c(C(F)(F)F)c1. The van der Waals surface area contributed by atoms with Crippen molar-refractivity contribution in [2.24, 2.45) is 0 Å². The van der Waals surface area contributed by atoms with Crippen LogP contribution in [-0.4, -0.2) is 12.5 Å². The monoisotopic (exact) mass is 273 g/mol. The van der Waals surface area contributed by atoms with Crippen LogP contribution in [0.1, 0.15) is 28.8 Å². The largest absolute Gasteiger partial charge is 0.419 e. The molecule has 19 heavy (non-hydrogen) atoms. The van der Waals surface area contributed by atoms with Crippen molar-refractivity contribution in [3.8, 4) is 12.3 Å². The number of halogens is 4. The van der Waals surface area contributed by atoms with Crippen LogP contribution in [0.3, 0.4) is 0 Å². The summed E-state index contributed by atoms with van der Waals surface area (Å²) in [6.07, 6.45) is 1.16. The van der Waals surface area contributed by atoms with Crippen LogP contribution in [0.5, 0.6) is 0 Å². The lowest BCUT2D eigenvalue weighted by Gasteiger charge is -2.10. The van der Waals surface area contributed by atoms with Gasteiger partial charge in [0.2, 0.25) is 0 Å². The molecule has 0 saturated heterocycles. The number of terminal acetylenes is 1. The zero-order chi connectivity index (χ0) is 14.5. The Morgan fingerprint density at radius 3 is 2.63 bits per heavy atom. The van der Waals surface area contributed by atoms with E-state index in [4.69, 9.17) is 6.42 Å². The average Bonchev–Trinajstić information content (AvgIpc) is 2.33. The van der Waals surface area contributed by atoms with Gasteiger partial charge in [-0.3, -0.25) is 4.79 Å². The lowest BCUT2D eigenvalue weighted by molar-refractivity contribution is -0.140. The normalized spacial score (nSPS) is 10.9. The summed E-state index contributed by atoms with van der Waals surface area (Å²) in [5.74, 6) is 0.270. The maximum Gasteiger partial charge on any atom is 0.419 e. The fourth-order valence-electron chi connectivity index (χ4n) is 1.38. The Balaban J connectivity index is 2.79. The van der Waals surface area contributed by atoms with E-state index in [9.17, 15) is 22.4 Å². The van der Waals surface area contributed by atoms with Crippen molar-refractivity contribution in [1.29, 1.82) is 0 Å². The van der Waals surface area contributed by atoms with E-state index < -0.39 is 23.5 Å². The quantitative estimate of drug-likeness (QED) is 0.510. The summed E-state index contributed by atoms with van der Waals surface area (Å²) in [7, 11) is 0. The molecule has 0 radical (unpaired) electrons. The second kappa shape index (κ2) is 6.23. The van der Waals surface area contributed by atoms with Gasteiger partial charge >= 0.3 is 6.18 Å². The van der Waals surface area contributed by atoms with Crippen molar-refractivity contribution >= 4 is 5.91 Å². The van der Waals surface area contributed by atoms with Gasteiger partial charge in [-0.05, 0) is 24.6 Å². The van der Waals surface area contributed by atoms with Crippen molar-refractivity contribution in [3.63, 3.8) is 0 Å². The standard InChI is InChI=1S/C13H11F4NO/c1-2-3-4-7-18-12(19)9-5-6-11(14)10(8-9)13(15,16)17/h1,5-6,8H,3-4,7H2,(H,18,19). The van der Waals surface area contributed by atoms with Crippen molar-refractivity contribution < 1.29 is 22.4 Å². The zero-order valence-corrected chi connectivity index (χ0v) is 9.85. The first-order chi connectivity index (χ1) is 8.86. The van der Waals surface area contributed by atoms with Crippen LogP contribution in [0.4, 0.5) is 17.6 Å². The van der Waals surface area contributed by atoms with Gasteiger partial charge in [0, 0.05) is 18.5 Å². The van der Waals surface area contributed by atoms with E-state index >= 15 is 0 Å². The predicted molar refractivity (Wildman–Crippen MR) is 61.8 cm³/mol. The maximum absolute atomic E-state index is 13.0. The fraction of sp³-hybridized carbons (Fsp3) is 0.308. The number of nitrogens with one attached hydrogen (secondary N) is 1. The Kier molecular flexibility index (Phi) is 4.93. The molecule has 0 aliphatic rings. The minimum absolute atomic E-state index is 0.241. The first-order valence-electron chi connectivity index (χ1n) is 5.44. The fourth-order valence-corrected chi connectivity index (χ4v) is 1.38. The molecule has 0 aliphatic carbocycles. The molecule has 102 valence electrons. The lowest BCUT2D eigenvalue weighted by Crippen LogP contribution is -2.25. The van der Waals surface area contributed by atoms with Crippen LogP contribution in [0.25, 0.3) is 0 Å². The van der Waals surface area contributed by atoms with E-state index in [-0.39, 0.29) is 12.1 Å². The van der Waals surface area contributed by atoms with Crippen LogP contribution < -0.4 is 5.32 Å². The molecule has 6 heteroatoms. The molecule has 0 bridgehead atoms. The summed E-state index contributed by atoms with van der Waals surface area (Å²) in [5, 5.41) is 2.41. The van der Waals surface area contributed by atoms with Crippen molar-refractivity contribution in [1.82, 2.24) is 5.32 Å². The van der Waals surface area contributed by atoms with Gasteiger partial charge in [0.15, 0.2) is 0 Å². The molecule has 1 N–H and O–H groups in total. The highest BCUT2D eigenvalue weighted by Crippen LogP contribution is 2.31. The molecule has 0 unspecified atom stereocenters. The Morgan fingerprint density at radius 2 is 2.05 bits per heavy atom. The van der Waals surface area contributed by atoms with Crippen LogP contribution in [0, 0.1) is 18.2 Å². The molecule has 1 rings (SSSR count). The Labute approximate surface area is 107 Å². The summed E-state index contributed by atoms with van der Waals surface area (Å²) >= 11 is 0. The van der Waals surface area contributed by atoms with Crippen molar-refractivity contribution in [2.75, 3.05) is 6.54 Å². The molecule has 0 aromatic heterocycles. The third-order valence-electron chi connectivity index (χ3n) is 2.32. The summed E-state index contributed by atoms with van der Waals surface area (Å²) in [4.78, 5) is 11.5. The van der Waals surface area contributed by atoms with E-state index in [2.05, 4.69) is 11.2 Å². The number of hydrogen-bond donors (Lipinski definition) is 1. The third-order valence-corrected chi connectivity index (χ3v) is 2.32. The number of benzene rings is 1. The van der Waals surface area contributed by atoms with E-state index in [1.54, 1.807) is 0 Å². The Hall–Kier alpha value is -2.03. The molecular formula is C13H11F4NO. The topological polar surface area (TPSA) is 29.1 Å². The van der Waals surface area contributed by atoms with Gasteiger partial charge in [0.1, 0.15) is 5.82 Å². The van der Waals surface area contributed by atoms with Crippen LogP contribution in [-0.2, 0) is 6.18 Å². The van der Waals surface area contributed by atoms with E-state index in [0.29, 0.717) is 25.0 Å². The Morgan fingerprint density at radius 1 is 1.37 bits per heavy atom. The Bertz CT molecular complexity index is 502. The number of alkyl halides is 3. The number of carbonyl (C=O) groups is 1. The lowest BCUT2D eigenvalue weighted by atomic mass is 10.1. The summed E-state index contributed by atoms with van der Waals surface area (Å²) < 4.78 is 50.4. The molecule has 0 atom stereocenters. The summed E-state index contributed by atoms with van der Waals surface area (Å²) in [6, 6.07) is 2.12. The molecule has 1 amide bonds. The molecule has 0 saturated carbocycles. The van der Waals surface area contributed by atoms with Gasteiger partial charge < -0.3 is 5.32 Å². The van der Waals surface area contributed by atoms with Gasteiger partial charge in [-0.25, -0.2) is 4.39 Å². The minimum atomic E-state index is -4.83. The molecule has 0 aliphatic heterocycles. The minimum Gasteiger partial charge on any atom is -0.352 e. The second-order valence-corrected chi connectivity index (χ2v) is 3.76. The molecule has 0 spiro atoms. The van der Waals surface area contributed by atoms with E-state index in [1.807, 2.05) is 0 Å². The molecule has 2 nitrogen and oxygen atoms in total. The van der Waals surface area contributed by atoms with Crippen LogP contribution in [0.2, 0.25) is 0 Å². The van der Waals surface area contributed by atoms with Gasteiger partial charge in [-0.1, -0.05) is 0 Å². The molecule has 0 fully saturated rings. The first kappa shape index (κ1) is 15.0. The number of rotatable bonds is 4. The van der Waals surface area contributed by atoms with Gasteiger partial charge in [-0.2, -0.15) is 13.2 Å². The molecule has 1 aromatic rings. The number of amides is 1. The van der Waals surface area contributed by atoms with Gasteiger partial charge in [-0.15, -0.1) is 12.3 Å². The highest BCUT2D eigenvalue weighted by Gasteiger charge is 2.34. The molecule has 1 aromatic carbocycles. The van der Waals surface area contributed by atoms with Gasteiger partial charge in [0.05, 0.1) is 5.56 Å². The number of carbonyl (C=O) groups excluding carboxylic acids is 1. The second-order valence-electron chi connectivity index (χ2n) is 3.76. The predicted octanol–water partition coefficient (Wildman–Crippen LogP) is 2.99. The number of unbranched alkanes of at least 4 members (excludes halogenated alkanes) is 1. The van der Waals surface area contributed by atoms with E-state index in [0.717, 1.165) is 6.07 Å². The summed E-state index contributed by atoms with van der Waals surface area (Å²) in [6.45, 7) is 0.252. The van der Waals surface area contributed by atoms with Crippen molar-refractivity contribution in [3.05, 3.63) is 35.1 Å². The highest BCUT2D eigenvalue weighted by atomic mass is 19.4. The summed E-state index contributed by atoms with van der Waals surface area (Å²) in [5.41, 5.74) is -1.70. The van der Waals surface area contributed by atoms with Crippen LogP contribution in [0.15, 0.2) is 18.2 Å². The maximum atomic E-state index is 13.0. The highest BCUT2D eigenvalue weighted by molar-refractivity contribution is 5.94. The average molecular weight is 273 g/mol. The smallest absolute Gasteiger partial charge is 0.352 e. The molecule has 0 heterocycles. The number of hydrogen-bond acceptors (Lipinski definition) is 1. The van der Waals surface area contributed by atoms with E-state index in [1.165, 1.54) is 0 Å². The third kappa shape index (κ3) is 4.28. The zero-order valence-electron chi connectivity index (χ0n) is 9.85. The molecular weight excluding hydrogens is 262 g/mol.